The van der Waals surface area contributed by atoms with E-state index in [0.717, 1.165) is 11.4 Å². The van der Waals surface area contributed by atoms with Crippen LogP contribution in [-0.2, 0) is 4.79 Å². The van der Waals surface area contributed by atoms with Crippen LogP contribution in [0.3, 0.4) is 0 Å². The van der Waals surface area contributed by atoms with Crippen LogP contribution in [0.1, 0.15) is 11.4 Å². The van der Waals surface area contributed by atoms with E-state index in [2.05, 4.69) is 27.2 Å². The molecule has 0 atom stereocenters. The fourth-order valence-electron chi connectivity index (χ4n) is 1.24. The van der Waals surface area contributed by atoms with Gasteiger partial charge in [-0.3, -0.25) is 10.1 Å². The summed E-state index contributed by atoms with van der Waals surface area (Å²) in [5.41, 5.74) is 1.67. The topological polar surface area (TPSA) is 66.9 Å². The molecule has 0 radical (unpaired) electrons. The van der Waals surface area contributed by atoms with Crippen LogP contribution in [-0.4, -0.2) is 29.0 Å². The van der Waals surface area contributed by atoms with Crippen molar-refractivity contribution in [2.24, 2.45) is 0 Å². The molecule has 0 bridgehead atoms. The highest BCUT2D eigenvalue weighted by molar-refractivity contribution is 5.90. The lowest BCUT2D eigenvalue weighted by Crippen LogP contribution is -2.28. The summed E-state index contributed by atoms with van der Waals surface area (Å²) in [7, 11) is 0. The van der Waals surface area contributed by atoms with Gasteiger partial charge in [0.25, 0.3) is 0 Å². The van der Waals surface area contributed by atoms with Crippen molar-refractivity contribution in [1.29, 1.82) is 0 Å². The Morgan fingerprint density at radius 3 is 2.62 bits per heavy atom. The molecule has 1 rings (SSSR count). The third-order valence-corrected chi connectivity index (χ3v) is 1.81. The number of hydrogen-bond donors (Lipinski definition) is 2. The molecule has 0 fully saturated rings. The molecule has 1 heterocycles. The molecule has 86 valence electrons. The van der Waals surface area contributed by atoms with Crippen molar-refractivity contribution in [3.63, 3.8) is 0 Å². The molecule has 16 heavy (non-hydrogen) atoms. The molecule has 2 N–H and O–H groups in total. The highest BCUT2D eigenvalue weighted by Gasteiger charge is 2.04. The monoisotopic (exact) mass is 220 g/mol. The van der Waals surface area contributed by atoms with E-state index in [4.69, 9.17) is 0 Å². The van der Waals surface area contributed by atoms with Gasteiger partial charge in [0.1, 0.15) is 0 Å². The molecule has 5 heteroatoms. The van der Waals surface area contributed by atoms with Crippen molar-refractivity contribution in [2.45, 2.75) is 13.8 Å². The summed E-state index contributed by atoms with van der Waals surface area (Å²) in [5.74, 6) is 0.190. The Bertz CT molecular complexity index is 369. The number of anilines is 1. The molecule has 0 unspecified atom stereocenters. The second kappa shape index (κ2) is 5.97. The van der Waals surface area contributed by atoms with Crippen molar-refractivity contribution in [1.82, 2.24) is 15.3 Å². The predicted molar refractivity (Wildman–Crippen MR) is 63.2 cm³/mol. The SMILES string of the molecule is C=CCNCC(=O)Nc1nc(C)cc(C)n1. The number of nitrogens with one attached hydrogen (secondary N) is 2. The largest absolute Gasteiger partial charge is 0.305 e. The van der Waals surface area contributed by atoms with Gasteiger partial charge in [-0.1, -0.05) is 6.08 Å². The Balaban J connectivity index is 2.52. The zero-order valence-electron chi connectivity index (χ0n) is 9.58. The minimum absolute atomic E-state index is 0.160. The standard InChI is InChI=1S/C11H16N4O/c1-4-5-12-7-10(16)15-11-13-8(2)6-9(3)14-11/h4,6,12H,1,5,7H2,2-3H3,(H,13,14,15,16). The van der Waals surface area contributed by atoms with Crippen molar-refractivity contribution < 1.29 is 4.79 Å². The van der Waals surface area contributed by atoms with E-state index in [-0.39, 0.29) is 12.5 Å². The first-order valence-electron chi connectivity index (χ1n) is 5.05. The van der Waals surface area contributed by atoms with Crippen LogP contribution in [0.2, 0.25) is 0 Å². The minimum Gasteiger partial charge on any atom is -0.305 e. The van der Waals surface area contributed by atoms with E-state index in [1.165, 1.54) is 0 Å². The van der Waals surface area contributed by atoms with Gasteiger partial charge in [-0.2, -0.15) is 0 Å². The van der Waals surface area contributed by atoms with Crippen LogP contribution in [0.4, 0.5) is 5.95 Å². The quantitative estimate of drug-likeness (QED) is 0.569. The number of nitrogens with zero attached hydrogens (tertiary/aromatic N) is 2. The molecular formula is C11H16N4O. The maximum Gasteiger partial charge on any atom is 0.240 e. The van der Waals surface area contributed by atoms with E-state index >= 15 is 0 Å². The third kappa shape index (κ3) is 4.18. The molecule has 0 spiro atoms. The van der Waals surface area contributed by atoms with Crippen molar-refractivity contribution in [2.75, 3.05) is 18.4 Å². The Morgan fingerprint density at radius 1 is 1.44 bits per heavy atom. The summed E-state index contributed by atoms with van der Waals surface area (Å²) in [6, 6.07) is 1.85. The smallest absolute Gasteiger partial charge is 0.240 e. The van der Waals surface area contributed by atoms with Crippen LogP contribution in [0.5, 0.6) is 0 Å². The summed E-state index contributed by atoms with van der Waals surface area (Å²) in [6.07, 6.45) is 1.70. The fraction of sp³-hybridized carbons (Fsp3) is 0.364. The summed E-state index contributed by atoms with van der Waals surface area (Å²) in [4.78, 5) is 19.6. The van der Waals surface area contributed by atoms with E-state index in [1.807, 2.05) is 19.9 Å². The fourth-order valence-corrected chi connectivity index (χ4v) is 1.24. The maximum atomic E-state index is 11.4. The molecule has 1 aromatic rings. The number of amides is 1. The van der Waals surface area contributed by atoms with Crippen molar-refractivity contribution in [3.8, 4) is 0 Å². The van der Waals surface area contributed by atoms with Gasteiger partial charge < -0.3 is 5.32 Å². The molecule has 0 aliphatic carbocycles. The molecule has 1 aromatic heterocycles. The third-order valence-electron chi connectivity index (χ3n) is 1.81. The highest BCUT2D eigenvalue weighted by Crippen LogP contribution is 2.02. The predicted octanol–water partition coefficient (Wildman–Crippen LogP) is 0.808. The summed E-state index contributed by atoms with van der Waals surface area (Å²) in [6.45, 7) is 8.09. The number of carbonyl (C=O) groups excluding carboxylic acids is 1. The molecule has 0 aromatic carbocycles. The second-order valence-corrected chi connectivity index (χ2v) is 3.44. The van der Waals surface area contributed by atoms with E-state index < -0.39 is 0 Å². The number of aromatic nitrogens is 2. The molecule has 1 amide bonds. The second-order valence-electron chi connectivity index (χ2n) is 3.44. The van der Waals surface area contributed by atoms with Crippen molar-refractivity contribution in [3.05, 3.63) is 30.1 Å². The number of carbonyl (C=O) groups is 1. The van der Waals surface area contributed by atoms with E-state index in [1.54, 1.807) is 6.08 Å². The average Bonchev–Trinajstić information content (AvgIpc) is 2.16. The molecule has 0 saturated heterocycles. The Hall–Kier alpha value is -1.75. The Kier molecular flexibility index (Phi) is 4.60. The normalized spacial score (nSPS) is 9.88. The van der Waals surface area contributed by atoms with Crippen LogP contribution in [0.15, 0.2) is 18.7 Å². The van der Waals surface area contributed by atoms with Gasteiger partial charge >= 0.3 is 0 Å². The maximum absolute atomic E-state index is 11.4. The molecular weight excluding hydrogens is 204 g/mol. The minimum atomic E-state index is -0.160. The lowest BCUT2D eigenvalue weighted by atomic mass is 10.4. The van der Waals surface area contributed by atoms with Crippen LogP contribution < -0.4 is 10.6 Å². The summed E-state index contributed by atoms with van der Waals surface area (Å²) < 4.78 is 0. The van der Waals surface area contributed by atoms with Gasteiger partial charge in [-0.05, 0) is 19.9 Å². The number of hydrogen-bond acceptors (Lipinski definition) is 4. The zero-order valence-corrected chi connectivity index (χ0v) is 9.58. The first kappa shape index (κ1) is 12.3. The van der Waals surface area contributed by atoms with E-state index in [0.29, 0.717) is 12.5 Å². The van der Waals surface area contributed by atoms with Crippen LogP contribution >= 0.6 is 0 Å². The van der Waals surface area contributed by atoms with Gasteiger partial charge in [0.2, 0.25) is 11.9 Å². The van der Waals surface area contributed by atoms with Gasteiger partial charge in [0.05, 0.1) is 6.54 Å². The van der Waals surface area contributed by atoms with Crippen LogP contribution in [0, 0.1) is 13.8 Å². The molecule has 5 nitrogen and oxygen atoms in total. The van der Waals surface area contributed by atoms with Gasteiger partial charge in [-0.25, -0.2) is 9.97 Å². The summed E-state index contributed by atoms with van der Waals surface area (Å²) in [5, 5.41) is 5.52. The first-order valence-corrected chi connectivity index (χ1v) is 5.05. The summed E-state index contributed by atoms with van der Waals surface area (Å²) >= 11 is 0. The first-order chi connectivity index (χ1) is 7.61. The van der Waals surface area contributed by atoms with Gasteiger partial charge in [0, 0.05) is 17.9 Å². The lowest BCUT2D eigenvalue weighted by Gasteiger charge is -2.05. The number of aryl methyl sites for hydroxylation is 2. The lowest BCUT2D eigenvalue weighted by molar-refractivity contribution is -0.115. The van der Waals surface area contributed by atoms with Gasteiger partial charge in [0.15, 0.2) is 0 Å². The average molecular weight is 220 g/mol. The van der Waals surface area contributed by atoms with Gasteiger partial charge in [-0.15, -0.1) is 6.58 Å². The Labute approximate surface area is 95.0 Å². The Morgan fingerprint density at radius 2 is 2.06 bits per heavy atom. The molecule has 0 aliphatic heterocycles. The highest BCUT2D eigenvalue weighted by atomic mass is 16.2. The van der Waals surface area contributed by atoms with Crippen molar-refractivity contribution >= 4 is 11.9 Å². The van der Waals surface area contributed by atoms with Crippen LogP contribution in [0.25, 0.3) is 0 Å². The van der Waals surface area contributed by atoms with E-state index in [9.17, 15) is 4.79 Å². The zero-order chi connectivity index (χ0) is 12.0. The molecule has 0 saturated carbocycles. The number of rotatable bonds is 5. The molecule has 0 aliphatic rings.